The summed E-state index contributed by atoms with van der Waals surface area (Å²) in [6.07, 6.45) is 0. The Labute approximate surface area is 98.9 Å². The second kappa shape index (κ2) is 4.31. The maximum atomic E-state index is 11.7. The highest BCUT2D eigenvalue weighted by atomic mass is 32.1. The lowest BCUT2D eigenvalue weighted by Crippen LogP contribution is -2.26. The standard InChI is InChI=1S/C12H14N2OS/c1-8(15)12(14(2)3)11-9-6-4-5-7-10(9)16-13-11/h4-7,12H,1-3H3. The Bertz CT molecular complexity index is 518. The van der Waals surface area contributed by atoms with Gasteiger partial charge in [-0.3, -0.25) is 9.69 Å². The molecule has 0 saturated carbocycles. The van der Waals surface area contributed by atoms with E-state index < -0.39 is 0 Å². The van der Waals surface area contributed by atoms with Crippen LogP contribution in [0.5, 0.6) is 0 Å². The van der Waals surface area contributed by atoms with Gasteiger partial charge in [-0.2, -0.15) is 4.37 Å². The third-order valence-electron chi connectivity index (χ3n) is 2.57. The minimum absolute atomic E-state index is 0.126. The molecule has 0 spiro atoms. The Morgan fingerprint density at radius 2 is 2.06 bits per heavy atom. The minimum Gasteiger partial charge on any atom is -0.298 e. The highest BCUT2D eigenvalue weighted by Gasteiger charge is 2.23. The number of ketones is 1. The van der Waals surface area contributed by atoms with E-state index in [4.69, 9.17) is 0 Å². The van der Waals surface area contributed by atoms with Crippen molar-refractivity contribution >= 4 is 27.4 Å². The lowest BCUT2D eigenvalue weighted by Gasteiger charge is -2.19. The van der Waals surface area contributed by atoms with Crippen molar-refractivity contribution in [2.75, 3.05) is 14.1 Å². The number of rotatable bonds is 3. The number of nitrogens with zero attached hydrogens (tertiary/aromatic N) is 2. The van der Waals surface area contributed by atoms with Crippen molar-refractivity contribution in [2.45, 2.75) is 13.0 Å². The number of hydrogen-bond donors (Lipinski definition) is 0. The van der Waals surface area contributed by atoms with Crippen molar-refractivity contribution in [3.8, 4) is 0 Å². The molecular formula is C12H14N2OS. The van der Waals surface area contributed by atoms with Gasteiger partial charge in [0.25, 0.3) is 0 Å². The zero-order valence-corrected chi connectivity index (χ0v) is 10.4. The average Bonchev–Trinajstić information content (AvgIpc) is 2.61. The Morgan fingerprint density at radius 1 is 1.38 bits per heavy atom. The first-order valence-electron chi connectivity index (χ1n) is 5.12. The van der Waals surface area contributed by atoms with E-state index in [0.717, 1.165) is 15.8 Å². The quantitative estimate of drug-likeness (QED) is 0.818. The van der Waals surface area contributed by atoms with E-state index in [9.17, 15) is 4.79 Å². The summed E-state index contributed by atoms with van der Waals surface area (Å²) in [7, 11) is 3.81. The van der Waals surface area contributed by atoms with Gasteiger partial charge in [0.15, 0.2) is 5.78 Å². The van der Waals surface area contributed by atoms with E-state index in [-0.39, 0.29) is 11.8 Å². The summed E-state index contributed by atoms with van der Waals surface area (Å²) < 4.78 is 5.55. The average molecular weight is 234 g/mol. The molecule has 0 bridgehead atoms. The van der Waals surface area contributed by atoms with Crippen LogP contribution in [-0.2, 0) is 4.79 Å². The van der Waals surface area contributed by atoms with Crippen molar-refractivity contribution in [1.29, 1.82) is 0 Å². The van der Waals surface area contributed by atoms with Gasteiger partial charge in [-0.25, -0.2) is 0 Å². The summed E-state index contributed by atoms with van der Waals surface area (Å²) in [4.78, 5) is 13.6. The number of Topliss-reactive ketones (excluding diaryl/α,β-unsaturated/α-hetero) is 1. The molecule has 1 aromatic heterocycles. The predicted octanol–water partition coefficient (Wildman–Crippen LogP) is 2.49. The van der Waals surface area contributed by atoms with Crippen LogP contribution in [0.4, 0.5) is 0 Å². The van der Waals surface area contributed by atoms with E-state index in [2.05, 4.69) is 4.37 Å². The summed E-state index contributed by atoms with van der Waals surface area (Å²) in [6.45, 7) is 1.61. The van der Waals surface area contributed by atoms with Crippen LogP contribution in [0.2, 0.25) is 0 Å². The highest BCUT2D eigenvalue weighted by Crippen LogP contribution is 2.29. The smallest absolute Gasteiger partial charge is 0.153 e. The number of carbonyl (C=O) groups excluding carboxylic acids is 1. The van der Waals surface area contributed by atoms with Gasteiger partial charge >= 0.3 is 0 Å². The lowest BCUT2D eigenvalue weighted by molar-refractivity contribution is -0.121. The Balaban J connectivity index is 2.57. The molecule has 1 heterocycles. The molecular weight excluding hydrogens is 220 g/mol. The molecule has 0 amide bonds. The van der Waals surface area contributed by atoms with Crippen LogP contribution >= 0.6 is 11.5 Å². The van der Waals surface area contributed by atoms with Crippen molar-refractivity contribution < 1.29 is 4.79 Å². The normalized spacial score (nSPS) is 13.2. The van der Waals surface area contributed by atoms with E-state index >= 15 is 0 Å². The summed E-state index contributed by atoms with van der Waals surface area (Å²) in [5.74, 6) is 0.126. The van der Waals surface area contributed by atoms with Gasteiger partial charge in [-0.1, -0.05) is 18.2 Å². The van der Waals surface area contributed by atoms with Gasteiger partial charge in [0.1, 0.15) is 6.04 Å². The Kier molecular flexibility index (Phi) is 3.03. The van der Waals surface area contributed by atoms with Crippen molar-refractivity contribution in [3.63, 3.8) is 0 Å². The summed E-state index contributed by atoms with van der Waals surface area (Å²) >= 11 is 1.45. The van der Waals surface area contributed by atoms with Crippen LogP contribution in [0.3, 0.4) is 0 Å². The van der Waals surface area contributed by atoms with Gasteiger partial charge < -0.3 is 0 Å². The molecule has 1 atom stereocenters. The molecule has 0 aliphatic rings. The molecule has 4 heteroatoms. The van der Waals surface area contributed by atoms with E-state index in [1.165, 1.54) is 11.5 Å². The second-order valence-electron chi connectivity index (χ2n) is 4.04. The topological polar surface area (TPSA) is 33.2 Å². The van der Waals surface area contributed by atoms with Crippen LogP contribution in [0.15, 0.2) is 24.3 Å². The van der Waals surface area contributed by atoms with Crippen molar-refractivity contribution in [1.82, 2.24) is 9.27 Å². The number of aromatic nitrogens is 1. The Morgan fingerprint density at radius 3 is 2.69 bits per heavy atom. The fourth-order valence-corrected chi connectivity index (χ4v) is 2.71. The molecule has 2 aromatic rings. The number of likely N-dealkylation sites (N-methyl/N-ethyl adjacent to an activating group) is 1. The third kappa shape index (κ3) is 1.86. The van der Waals surface area contributed by atoms with Crippen molar-refractivity contribution in [2.24, 2.45) is 0 Å². The van der Waals surface area contributed by atoms with E-state index in [1.807, 2.05) is 43.3 Å². The molecule has 0 N–H and O–H groups in total. The summed E-state index contributed by atoms with van der Waals surface area (Å²) in [6, 6.07) is 7.78. The maximum absolute atomic E-state index is 11.7. The first-order valence-corrected chi connectivity index (χ1v) is 5.90. The van der Waals surface area contributed by atoms with Gasteiger partial charge in [0.05, 0.1) is 10.4 Å². The largest absolute Gasteiger partial charge is 0.298 e. The van der Waals surface area contributed by atoms with Crippen LogP contribution in [0.25, 0.3) is 10.1 Å². The lowest BCUT2D eigenvalue weighted by atomic mass is 10.1. The number of carbonyl (C=O) groups is 1. The van der Waals surface area contributed by atoms with E-state index in [1.54, 1.807) is 6.92 Å². The SMILES string of the molecule is CC(=O)C(c1nsc2ccccc12)N(C)C. The first kappa shape index (κ1) is 11.2. The molecule has 0 saturated heterocycles. The first-order chi connectivity index (χ1) is 7.61. The van der Waals surface area contributed by atoms with E-state index in [0.29, 0.717) is 0 Å². The zero-order valence-electron chi connectivity index (χ0n) is 9.60. The number of benzene rings is 1. The minimum atomic E-state index is -0.240. The van der Waals surface area contributed by atoms with Crippen LogP contribution < -0.4 is 0 Å². The second-order valence-corrected chi connectivity index (χ2v) is 4.85. The third-order valence-corrected chi connectivity index (χ3v) is 3.41. The van der Waals surface area contributed by atoms with Gasteiger partial charge in [0.2, 0.25) is 0 Å². The molecule has 1 unspecified atom stereocenters. The molecule has 1 aromatic carbocycles. The summed E-state index contributed by atoms with van der Waals surface area (Å²) in [5, 5.41) is 1.08. The zero-order chi connectivity index (χ0) is 11.7. The monoisotopic (exact) mass is 234 g/mol. The molecule has 0 fully saturated rings. The van der Waals surface area contributed by atoms with Gasteiger partial charge in [0, 0.05) is 5.39 Å². The van der Waals surface area contributed by atoms with Gasteiger partial charge in [-0.05, 0) is 38.6 Å². The Hall–Kier alpha value is -1.26. The highest BCUT2D eigenvalue weighted by molar-refractivity contribution is 7.13. The molecule has 0 radical (unpaired) electrons. The van der Waals surface area contributed by atoms with Gasteiger partial charge in [-0.15, -0.1) is 0 Å². The molecule has 16 heavy (non-hydrogen) atoms. The molecule has 0 aliphatic carbocycles. The molecule has 2 rings (SSSR count). The predicted molar refractivity (Wildman–Crippen MR) is 66.7 cm³/mol. The van der Waals surface area contributed by atoms with Crippen molar-refractivity contribution in [3.05, 3.63) is 30.0 Å². The molecule has 0 aliphatic heterocycles. The number of hydrogen-bond acceptors (Lipinski definition) is 4. The van der Waals surface area contributed by atoms with Crippen LogP contribution in [0.1, 0.15) is 18.7 Å². The fourth-order valence-electron chi connectivity index (χ4n) is 1.90. The van der Waals surface area contributed by atoms with Crippen LogP contribution in [0, 0.1) is 0 Å². The molecule has 3 nitrogen and oxygen atoms in total. The molecule has 84 valence electrons. The summed E-state index contributed by atoms with van der Waals surface area (Å²) in [5.41, 5.74) is 0.873. The number of fused-ring (bicyclic) bond motifs is 1. The van der Waals surface area contributed by atoms with Crippen LogP contribution in [-0.4, -0.2) is 29.2 Å². The maximum Gasteiger partial charge on any atom is 0.153 e. The fraction of sp³-hybridized carbons (Fsp3) is 0.333.